The average Bonchev–Trinajstić information content (AvgIpc) is 3.58. The van der Waals surface area contributed by atoms with Gasteiger partial charge in [-0.15, -0.1) is 0 Å². The van der Waals surface area contributed by atoms with E-state index in [2.05, 4.69) is 168 Å². The van der Waals surface area contributed by atoms with Gasteiger partial charge >= 0.3 is 0 Å². The molecular weight excluding hydrogens is 577 g/mol. The van der Waals surface area contributed by atoms with E-state index in [9.17, 15) is 0 Å². The van der Waals surface area contributed by atoms with E-state index in [0.29, 0.717) is 0 Å². The number of fused-ring (bicyclic) bond motifs is 2. The zero-order valence-electron chi connectivity index (χ0n) is 31.9. The lowest BCUT2D eigenvalue weighted by atomic mass is 9.79. The molecule has 0 saturated heterocycles. The third-order valence-corrected chi connectivity index (χ3v) is 10.9. The van der Waals surface area contributed by atoms with Crippen molar-refractivity contribution in [2.75, 3.05) is 0 Å². The average molecular weight is 635 g/mol. The maximum atomic E-state index is 2.41. The second-order valence-corrected chi connectivity index (χ2v) is 18.6. The molecule has 0 heterocycles. The van der Waals surface area contributed by atoms with E-state index in [4.69, 9.17) is 0 Å². The molecule has 48 heavy (non-hydrogen) atoms. The van der Waals surface area contributed by atoms with Gasteiger partial charge in [0.1, 0.15) is 0 Å². The second kappa shape index (κ2) is 12.0. The van der Waals surface area contributed by atoms with E-state index in [-0.39, 0.29) is 21.7 Å². The van der Waals surface area contributed by atoms with E-state index in [1.54, 1.807) is 22.3 Å². The lowest BCUT2D eigenvalue weighted by Gasteiger charge is -2.26. The van der Waals surface area contributed by atoms with Gasteiger partial charge in [0, 0.05) is 0 Å². The second-order valence-electron chi connectivity index (χ2n) is 18.6. The summed E-state index contributed by atoms with van der Waals surface area (Å²) in [4.78, 5) is 0. The Kier molecular flexibility index (Phi) is 8.59. The molecule has 0 spiro atoms. The van der Waals surface area contributed by atoms with Crippen LogP contribution in [0.1, 0.15) is 129 Å². The largest absolute Gasteiger partial charge is 0.0613 e. The smallest absolute Gasteiger partial charge is 0.00495 e. The molecule has 2 aliphatic carbocycles. The predicted octanol–water partition coefficient (Wildman–Crippen LogP) is 13.8. The fourth-order valence-electron chi connectivity index (χ4n) is 8.12. The summed E-state index contributed by atoms with van der Waals surface area (Å²) in [5.41, 5.74) is 21.0. The Bertz CT molecular complexity index is 1750. The van der Waals surface area contributed by atoms with Crippen LogP contribution in [0, 0.1) is 10.8 Å². The molecule has 250 valence electrons. The van der Waals surface area contributed by atoms with Gasteiger partial charge in [0.15, 0.2) is 0 Å². The number of benzene rings is 4. The monoisotopic (exact) mass is 634 g/mol. The molecule has 2 aliphatic rings. The number of hydrogen-bond acceptors (Lipinski definition) is 0. The first kappa shape index (κ1) is 34.2. The third kappa shape index (κ3) is 6.53. The highest BCUT2D eigenvalue weighted by Gasteiger charge is 2.34. The Labute approximate surface area is 292 Å². The first-order valence-electron chi connectivity index (χ1n) is 18.3. The van der Waals surface area contributed by atoms with Crippen molar-refractivity contribution in [3.63, 3.8) is 0 Å². The van der Waals surface area contributed by atoms with E-state index in [1.165, 1.54) is 55.6 Å². The fourth-order valence-corrected chi connectivity index (χ4v) is 8.12. The zero-order chi connectivity index (χ0) is 34.8. The first-order valence-corrected chi connectivity index (χ1v) is 18.3. The predicted molar refractivity (Wildman–Crippen MR) is 211 cm³/mol. The Hall–Kier alpha value is -3.64. The molecule has 0 heteroatoms. The Balaban J connectivity index is 1.44. The molecule has 0 bridgehead atoms. The van der Waals surface area contributed by atoms with Crippen molar-refractivity contribution in [2.45, 2.75) is 120 Å². The molecule has 0 unspecified atom stereocenters. The van der Waals surface area contributed by atoms with Crippen LogP contribution in [0.4, 0.5) is 0 Å². The summed E-state index contributed by atoms with van der Waals surface area (Å²) in [5, 5.41) is 0. The minimum absolute atomic E-state index is 0.108. The maximum Gasteiger partial charge on any atom is -0.00495 e. The van der Waals surface area contributed by atoms with Crippen molar-refractivity contribution in [2.24, 2.45) is 10.8 Å². The molecule has 0 radical (unpaired) electrons. The normalized spacial score (nSPS) is 15.3. The van der Waals surface area contributed by atoms with Gasteiger partial charge in [0.25, 0.3) is 0 Å². The molecule has 0 amide bonds. The van der Waals surface area contributed by atoms with Gasteiger partial charge in [-0.05, 0) is 114 Å². The highest BCUT2D eigenvalue weighted by molar-refractivity contribution is 5.92. The van der Waals surface area contributed by atoms with Gasteiger partial charge in [0.2, 0.25) is 0 Å². The van der Waals surface area contributed by atoms with Crippen molar-refractivity contribution in [1.29, 1.82) is 0 Å². The molecule has 0 aromatic heterocycles. The highest BCUT2D eigenvalue weighted by Crippen LogP contribution is 2.52. The standard InChI is InChI=1S/C48H58/c1-45(2,3)35-23-19-31(20-24-35)37-17-13-15-33-29-41(47(7,8)9)39(43(33)37)27-28-40-42(48(10,11)12)30-34-16-14-18-38(44(34)40)32-21-25-36(26-22-32)46(4,5)6/h13-26H,27-30H2,1-12H3. The van der Waals surface area contributed by atoms with Crippen molar-refractivity contribution >= 4 is 11.1 Å². The van der Waals surface area contributed by atoms with Crippen LogP contribution >= 0.6 is 0 Å². The summed E-state index contributed by atoms with van der Waals surface area (Å²) in [6, 6.07) is 32.8. The zero-order valence-corrected chi connectivity index (χ0v) is 31.9. The molecule has 6 rings (SSSR count). The van der Waals surface area contributed by atoms with E-state index in [1.807, 2.05) is 0 Å². The highest BCUT2D eigenvalue weighted by atomic mass is 14.4. The third-order valence-electron chi connectivity index (χ3n) is 10.9. The number of hydrogen-bond donors (Lipinski definition) is 0. The van der Waals surface area contributed by atoms with Crippen LogP contribution in [0.15, 0.2) is 96.1 Å². The summed E-state index contributed by atoms with van der Waals surface area (Å²) >= 11 is 0. The van der Waals surface area contributed by atoms with Gasteiger partial charge in [-0.2, -0.15) is 0 Å². The molecule has 4 aromatic rings. The Morgan fingerprint density at radius 1 is 0.396 bits per heavy atom. The molecule has 0 fully saturated rings. The van der Waals surface area contributed by atoms with Crippen molar-refractivity contribution in [3.05, 3.63) is 129 Å². The molecule has 0 atom stereocenters. The summed E-state index contributed by atoms with van der Waals surface area (Å²) in [5.74, 6) is 0. The minimum Gasteiger partial charge on any atom is -0.0613 e. The van der Waals surface area contributed by atoms with Crippen molar-refractivity contribution < 1.29 is 0 Å². The van der Waals surface area contributed by atoms with Gasteiger partial charge in [-0.25, -0.2) is 0 Å². The molecule has 0 N–H and O–H groups in total. The van der Waals surface area contributed by atoms with Gasteiger partial charge < -0.3 is 0 Å². The fraction of sp³-hybridized carbons (Fsp3) is 0.417. The maximum absolute atomic E-state index is 2.41. The van der Waals surface area contributed by atoms with Crippen LogP contribution in [0.3, 0.4) is 0 Å². The van der Waals surface area contributed by atoms with E-state index in [0.717, 1.165) is 25.7 Å². The summed E-state index contributed by atoms with van der Waals surface area (Å²) in [7, 11) is 0. The van der Waals surface area contributed by atoms with Crippen molar-refractivity contribution in [3.8, 4) is 22.3 Å². The molecule has 0 aliphatic heterocycles. The Morgan fingerprint density at radius 2 is 0.729 bits per heavy atom. The summed E-state index contributed by atoms with van der Waals surface area (Å²) < 4.78 is 0. The van der Waals surface area contributed by atoms with E-state index < -0.39 is 0 Å². The van der Waals surface area contributed by atoms with Gasteiger partial charge in [0.05, 0.1) is 0 Å². The lowest BCUT2D eigenvalue weighted by molar-refractivity contribution is 0.493. The minimum atomic E-state index is 0.108. The van der Waals surface area contributed by atoms with E-state index >= 15 is 0 Å². The first-order chi connectivity index (χ1) is 22.3. The van der Waals surface area contributed by atoms with Crippen LogP contribution in [0.2, 0.25) is 0 Å². The number of allylic oxidation sites excluding steroid dienone is 4. The molecule has 0 saturated carbocycles. The Morgan fingerprint density at radius 3 is 1.02 bits per heavy atom. The van der Waals surface area contributed by atoms with Crippen molar-refractivity contribution in [1.82, 2.24) is 0 Å². The summed E-state index contributed by atoms with van der Waals surface area (Å²) in [6.07, 6.45) is 4.22. The van der Waals surface area contributed by atoms with Crippen LogP contribution in [-0.2, 0) is 23.7 Å². The quantitative estimate of drug-likeness (QED) is 0.205. The number of rotatable bonds is 5. The molecule has 4 aromatic carbocycles. The van der Waals surface area contributed by atoms with Gasteiger partial charge in [-0.1, -0.05) is 179 Å². The SMILES string of the molecule is CC(C)(C)C1=C(CCC2=C(C(C)(C)C)Cc3cccc(-c4ccc(C(C)(C)C)cc4)c32)c2c(cccc2-c2ccc(C(C)(C)C)cc2)C1. The molecular formula is C48H58. The lowest BCUT2D eigenvalue weighted by Crippen LogP contribution is -2.12. The molecule has 0 nitrogen and oxygen atoms in total. The van der Waals surface area contributed by atoms with Crippen LogP contribution < -0.4 is 0 Å². The van der Waals surface area contributed by atoms with Crippen LogP contribution in [0.25, 0.3) is 33.4 Å². The van der Waals surface area contributed by atoms with Gasteiger partial charge in [-0.3, -0.25) is 0 Å². The topological polar surface area (TPSA) is 0 Å². The summed E-state index contributed by atoms with van der Waals surface area (Å²) in [6.45, 7) is 28.3. The van der Waals surface area contributed by atoms with Crippen LogP contribution in [-0.4, -0.2) is 0 Å². The van der Waals surface area contributed by atoms with Crippen LogP contribution in [0.5, 0.6) is 0 Å².